The molecule has 0 aliphatic carbocycles. The van der Waals surface area contributed by atoms with Crippen molar-refractivity contribution in [2.45, 2.75) is 38.0 Å². The first-order valence-electron chi connectivity index (χ1n) is 8.48. The first kappa shape index (κ1) is 22.2. The van der Waals surface area contributed by atoms with Crippen molar-refractivity contribution in [2.75, 3.05) is 0 Å². The van der Waals surface area contributed by atoms with Gasteiger partial charge in [-0.1, -0.05) is 17.7 Å². The molecule has 0 aromatic heterocycles. The van der Waals surface area contributed by atoms with Crippen LogP contribution < -0.4 is 0 Å². The molecule has 1 fully saturated rings. The Bertz CT molecular complexity index is 942. The number of carbonyl (C=O) groups excluding carboxylic acids is 1. The highest BCUT2D eigenvalue weighted by molar-refractivity contribution is 6.31. The maximum Gasteiger partial charge on any atom is 0.416 e. The summed E-state index contributed by atoms with van der Waals surface area (Å²) in [5.41, 5.74) is -3.11. The van der Waals surface area contributed by atoms with Gasteiger partial charge < -0.3 is 4.74 Å². The molecule has 1 unspecified atom stereocenters. The van der Waals surface area contributed by atoms with E-state index in [0.717, 1.165) is 17.0 Å². The van der Waals surface area contributed by atoms with E-state index in [1.807, 2.05) is 0 Å². The number of hydrogen-bond acceptors (Lipinski definition) is 2. The molecule has 162 valence electrons. The molecule has 0 spiro atoms. The summed E-state index contributed by atoms with van der Waals surface area (Å²) in [4.78, 5) is 13.4. The molecule has 2 atom stereocenters. The number of nitrogens with zero attached hydrogens (tertiary/aromatic N) is 1. The minimum Gasteiger partial charge on any atom is -0.439 e. The Labute approximate surface area is 171 Å². The van der Waals surface area contributed by atoms with Crippen molar-refractivity contribution in [3.63, 3.8) is 0 Å². The third kappa shape index (κ3) is 4.48. The van der Waals surface area contributed by atoms with Gasteiger partial charge in [0, 0.05) is 5.02 Å². The predicted molar refractivity (Wildman–Crippen MR) is 92.1 cm³/mol. The SMILES string of the molecule is CC1[C@@H](c2cc(C(F)(F)F)cc(C(F)(F)F)c2)OC(=O)N1Cc1ccc(F)cc1Cl. The van der Waals surface area contributed by atoms with Gasteiger partial charge in [0.2, 0.25) is 0 Å². The standard InChI is InChI=1S/C19H13ClF7NO2/c1-9-16(11-4-12(18(22,23)24)6-13(5-11)19(25,26)27)30-17(29)28(9)8-10-2-3-14(21)7-15(10)20/h2-7,9,16H,8H2,1H3/t9?,16-/m0/s1. The minimum absolute atomic E-state index is 0.000989. The molecule has 3 rings (SSSR count). The Hall–Kier alpha value is -2.49. The second-order valence-electron chi connectivity index (χ2n) is 6.75. The molecule has 0 radical (unpaired) electrons. The number of rotatable bonds is 3. The fraction of sp³-hybridized carbons (Fsp3) is 0.316. The number of halogens is 8. The highest BCUT2D eigenvalue weighted by Gasteiger charge is 2.43. The van der Waals surface area contributed by atoms with Crippen LogP contribution in [0.25, 0.3) is 0 Å². The van der Waals surface area contributed by atoms with E-state index in [2.05, 4.69) is 0 Å². The lowest BCUT2D eigenvalue weighted by atomic mass is 9.97. The van der Waals surface area contributed by atoms with E-state index in [4.69, 9.17) is 16.3 Å². The van der Waals surface area contributed by atoms with E-state index in [1.54, 1.807) is 0 Å². The largest absolute Gasteiger partial charge is 0.439 e. The second-order valence-corrected chi connectivity index (χ2v) is 7.16. The number of ether oxygens (including phenoxy) is 1. The van der Waals surface area contributed by atoms with Gasteiger partial charge in [0.05, 0.1) is 23.7 Å². The lowest BCUT2D eigenvalue weighted by Crippen LogP contribution is -2.31. The summed E-state index contributed by atoms with van der Waals surface area (Å²) in [5.74, 6) is -0.609. The zero-order chi connectivity index (χ0) is 22.4. The lowest BCUT2D eigenvalue weighted by molar-refractivity contribution is -0.143. The molecule has 2 aromatic rings. The quantitative estimate of drug-likeness (QED) is 0.488. The molecule has 1 heterocycles. The van der Waals surface area contributed by atoms with Crippen LogP contribution in [0, 0.1) is 5.82 Å². The third-order valence-corrected chi connectivity index (χ3v) is 5.04. The molecule has 1 aliphatic rings. The number of cyclic esters (lactones) is 1. The van der Waals surface area contributed by atoms with E-state index in [0.29, 0.717) is 17.7 Å². The van der Waals surface area contributed by atoms with Crippen molar-refractivity contribution in [1.82, 2.24) is 4.90 Å². The van der Waals surface area contributed by atoms with Gasteiger partial charge in [-0.25, -0.2) is 9.18 Å². The van der Waals surface area contributed by atoms with E-state index in [9.17, 15) is 35.5 Å². The number of benzene rings is 2. The fourth-order valence-corrected chi connectivity index (χ4v) is 3.36. The molecular formula is C19H13ClF7NO2. The van der Waals surface area contributed by atoms with Gasteiger partial charge in [-0.15, -0.1) is 0 Å². The molecule has 0 saturated carbocycles. The van der Waals surface area contributed by atoms with Crippen LogP contribution in [-0.2, 0) is 23.6 Å². The summed E-state index contributed by atoms with van der Waals surface area (Å²) in [6.45, 7) is 1.25. The molecule has 2 aromatic carbocycles. The van der Waals surface area contributed by atoms with E-state index in [-0.39, 0.29) is 17.6 Å². The molecule has 0 bridgehead atoms. The number of amides is 1. The van der Waals surface area contributed by atoms with Gasteiger partial charge in [-0.2, -0.15) is 26.3 Å². The summed E-state index contributed by atoms with van der Waals surface area (Å²) in [6.07, 6.45) is -12.4. The Balaban J connectivity index is 1.95. The van der Waals surface area contributed by atoms with Crippen molar-refractivity contribution in [1.29, 1.82) is 0 Å². The molecule has 1 aliphatic heterocycles. The first-order chi connectivity index (χ1) is 13.8. The maximum atomic E-state index is 13.2. The lowest BCUT2D eigenvalue weighted by Gasteiger charge is -2.22. The Morgan fingerprint density at radius 2 is 1.57 bits per heavy atom. The van der Waals surface area contributed by atoms with Crippen molar-refractivity contribution in [2.24, 2.45) is 0 Å². The van der Waals surface area contributed by atoms with Gasteiger partial charge in [0.15, 0.2) is 0 Å². The van der Waals surface area contributed by atoms with Gasteiger partial charge >= 0.3 is 18.4 Å². The van der Waals surface area contributed by atoms with Crippen LogP contribution in [0.5, 0.6) is 0 Å². The third-order valence-electron chi connectivity index (χ3n) is 4.69. The van der Waals surface area contributed by atoms with Gasteiger partial charge in [0.1, 0.15) is 11.9 Å². The highest BCUT2D eigenvalue weighted by Crippen LogP contribution is 2.41. The van der Waals surface area contributed by atoms with E-state index >= 15 is 0 Å². The molecule has 1 saturated heterocycles. The fourth-order valence-electron chi connectivity index (χ4n) is 3.14. The number of carbonyl (C=O) groups is 1. The molecule has 1 amide bonds. The topological polar surface area (TPSA) is 29.5 Å². The zero-order valence-corrected chi connectivity index (χ0v) is 15.9. The molecule has 3 nitrogen and oxygen atoms in total. The molecule has 30 heavy (non-hydrogen) atoms. The van der Waals surface area contributed by atoms with E-state index in [1.165, 1.54) is 13.0 Å². The smallest absolute Gasteiger partial charge is 0.416 e. The van der Waals surface area contributed by atoms with Crippen LogP contribution in [0.15, 0.2) is 36.4 Å². The average molecular weight is 456 g/mol. The zero-order valence-electron chi connectivity index (χ0n) is 15.1. The minimum atomic E-state index is -5.02. The van der Waals surface area contributed by atoms with Crippen LogP contribution >= 0.6 is 11.6 Å². The van der Waals surface area contributed by atoms with Crippen LogP contribution in [0.3, 0.4) is 0 Å². The molecule has 0 N–H and O–H groups in total. The van der Waals surface area contributed by atoms with Crippen molar-refractivity contribution < 1.29 is 40.3 Å². The van der Waals surface area contributed by atoms with Crippen molar-refractivity contribution in [3.05, 3.63) is 69.5 Å². The second kappa shape index (κ2) is 7.64. The van der Waals surface area contributed by atoms with Gasteiger partial charge in [0.25, 0.3) is 0 Å². The van der Waals surface area contributed by atoms with Crippen molar-refractivity contribution >= 4 is 17.7 Å². The molecular weight excluding hydrogens is 443 g/mol. The summed E-state index contributed by atoms with van der Waals surface area (Å²) >= 11 is 5.93. The monoisotopic (exact) mass is 455 g/mol. The summed E-state index contributed by atoms with van der Waals surface area (Å²) in [5, 5.41) is 0.0110. The maximum absolute atomic E-state index is 13.2. The predicted octanol–water partition coefficient (Wildman–Crippen LogP) is 6.60. The average Bonchev–Trinajstić information content (AvgIpc) is 2.90. The Morgan fingerprint density at radius 3 is 2.07 bits per heavy atom. The van der Waals surface area contributed by atoms with Crippen LogP contribution in [0.4, 0.5) is 35.5 Å². The van der Waals surface area contributed by atoms with E-state index < -0.39 is 53.1 Å². The highest BCUT2D eigenvalue weighted by atomic mass is 35.5. The van der Waals surface area contributed by atoms with Crippen LogP contribution in [0.2, 0.25) is 5.02 Å². The summed E-state index contributed by atoms with van der Waals surface area (Å²) in [6, 6.07) is 3.58. The first-order valence-corrected chi connectivity index (χ1v) is 8.85. The van der Waals surface area contributed by atoms with Crippen molar-refractivity contribution in [3.8, 4) is 0 Å². The summed E-state index contributed by atoms with van der Waals surface area (Å²) in [7, 11) is 0. The molecule has 11 heteroatoms. The van der Waals surface area contributed by atoms with Gasteiger partial charge in [-0.05, 0) is 48.4 Å². The number of hydrogen-bond donors (Lipinski definition) is 0. The Kier molecular flexibility index (Phi) is 5.66. The summed E-state index contributed by atoms with van der Waals surface area (Å²) < 4.78 is 96.9. The Morgan fingerprint density at radius 1 is 1.00 bits per heavy atom. The van der Waals surface area contributed by atoms with Crippen LogP contribution in [0.1, 0.15) is 35.3 Å². The normalized spacial score (nSPS) is 19.9. The van der Waals surface area contributed by atoms with Crippen LogP contribution in [-0.4, -0.2) is 17.0 Å². The number of alkyl halides is 6. The van der Waals surface area contributed by atoms with Gasteiger partial charge in [-0.3, -0.25) is 4.90 Å².